The number of piperazine rings is 1. The maximum atomic E-state index is 13.4. The fourth-order valence-electron chi connectivity index (χ4n) is 8.27. The van der Waals surface area contributed by atoms with E-state index in [4.69, 9.17) is 11.6 Å². The molecule has 4 saturated heterocycles. The number of carbonyl (C=O) groups is 4. The highest BCUT2D eigenvalue weighted by Gasteiger charge is 2.44. The van der Waals surface area contributed by atoms with Crippen LogP contribution in [0.2, 0.25) is 5.02 Å². The number of halogens is 1. The number of anilines is 4. The second-order valence-corrected chi connectivity index (χ2v) is 15.2. The summed E-state index contributed by atoms with van der Waals surface area (Å²) in [6.07, 6.45) is 4.01. The van der Waals surface area contributed by atoms with Gasteiger partial charge in [0.25, 0.3) is 5.91 Å². The third-order valence-corrected chi connectivity index (χ3v) is 11.5. The molecule has 13 heteroatoms. The van der Waals surface area contributed by atoms with Gasteiger partial charge < -0.3 is 25.3 Å². The Morgan fingerprint density at radius 1 is 0.943 bits per heavy atom. The molecular formula is C40H45ClN8O4. The van der Waals surface area contributed by atoms with Crippen LogP contribution >= 0.6 is 11.6 Å². The SMILES string of the molecule is C[C@H]1CC2(CCN(c3ccc(C(=O)N4CCN(CC(=O)Nc5cccc(NC6CCC(=O)NC6=O)c5)CC4)cc3)CC2)CN1c1ccc(C#N)c(Cl)c1. The minimum atomic E-state index is -0.504. The molecule has 0 saturated carbocycles. The van der Waals surface area contributed by atoms with E-state index in [0.29, 0.717) is 66.2 Å². The van der Waals surface area contributed by atoms with Crippen molar-refractivity contribution in [2.75, 3.05) is 72.8 Å². The molecule has 1 spiro atoms. The second-order valence-electron chi connectivity index (χ2n) is 14.8. The van der Waals surface area contributed by atoms with Gasteiger partial charge in [-0.05, 0) is 98.7 Å². The number of nitriles is 1. The topological polar surface area (TPSA) is 141 Å². The summed E-state index contributed by atoms with van der Waals surface area (Å²) in [7, 11) is 0. The van der Waals surface area contributed by atoms with Crippen LogP contribution in [0, 0.1) is 16.7 Å². The lowest BCUT2D eigenvalue weighted by molar-refractivity contribution is -0.133. The van der Waals surface area contributed by atoms with Gasteiger partial charge in [0.2, 0.25) is 17.7 Å². The van der Waals surface area contributed by atoms with Gasteiger partial charge in [-0.25, -0.2) is 0 Å². The van der Waals surface area contributed by atoms with E-state index in [2.05, 4.69) is 50.9 Å². The van der Waals surface area contributed by atoms with Gasteiger partial charge in [0.05, 0.1) is 17.1 Å². The van der Waals surface area contributed by atoms with E-state index in [1.807, 2.05) is 46.2 Å². The average Bonchev–Trinajstić information content (AvgIpc) is 3.48. The van der Waals surface area contributed by atoms with Crippen molar-refractivity contribution in [2.45, 2.75) is 51.1 Å². The zero-order valence-electron chi connectivity index (χ0n) is 29.9. The van der Waals surface area contributed by atoms with Crippen molar-refractivity contribution < 1.29 is 19.2 Å². The van der Waals surface area contributed by atoms with Crippen LogP contribution in [0.25, 0.3) is 0 Å². The van der Waals surface area contributed by atoms with Crippen molar-refractivity contribution in [3.8, 4) is 6.07 Å². The quantitative estimate of drug-likeness (QED) is 0.281. The van der Waals surface area contributed by atoms with Gasteiger partial charge in [0, 0.05) is 86.6 Å². The zero-order valence-corrected chi connectivity index (χ0v) is 30.7. The van der Waals surface area contributed by atoms with Crippen LogP contribution in [0.1, 0.15) is 54.9 Å². The number of rotatable bonds is 8. The highest BCUT2D eigenvalue weighted by molar-refractivity contribution is 6.32. The third kappa shape index (κ3) is 8.27. The molecule has 4 heterocycles. The number of nitrogens with zero attached hydrogens (tertiary/aromatic N) is 5. The fraction of sp³-hybridized carbons (Fsp3) is 0.425. The number of carbonyl (C=O) groups excluding carboxylic acids is 4. The summed E-state index contributed by atoms with van der Waals surface area (Å²) in [4.78, 5) is 58.6. The number of benzene rings is 3. The summed E-state index contributed by atoms with van der Waals surface area (Å²) in [5, 5.41) is 18.2. The molecule has 0 bridgehead atoms. The van der Waals surface area contributed by atoms with Gasteiger partial charge in [0.1, 0.15) is 12.1 Å². The summed E-state index contributed by atoms with van der Waals surface area (Å²) in [6, 6.07) is 22.9. The van der Waals surface area contributed by atoms with E-state index >= 15 is 0 Å². The van der Waals surface area contributed by atoms with Crippen LogP contribution in [-0.2, 0) is 14.4 Å². The second kappa shape index (κ2) is 15.5. The predicted molar refractivity (Wildman–Crippen MR) is 205 cm³/mol. The van der Waals surface area contributed by atoms with Gasteiger partial charge in [-0.1, -0.05) is 17.7 Å². The number of nitrogens with one attached hydrogen (secondary N) is 3. The van der Waals surface area contributed by atoms with Crippen LogP contribution in [0.15, 0.2) is 66.7 Å². The molecule has 3 N–H and O–H groups in total. The summed E-state index contributed by atoms with van der Waals surface area (Å²) >= 11 is 6.36. The molecule has 7 rings (SSSR count). The number of hydrogen-bond donors (Lipinski definition) is 3. The number of amides is 4. The number of piperidine rings is 2. The van der Waals surface area contributed by atoms with E-state index in [1.165, 1.54) is 0 Å². The van der Waals surface area contributed by atoms with Crippen molar-refractivity contribution in [3.63, 3.8) is 0 Å². The Hall–Kier alpha value is -5.12. The smallest absolute Gasteiger partial charge is 0.253 e. The molecule has 2 atom stereocenters. The molecule has 4 aliphatic rings. The first-order chi connectivity index (χ1) is 25.6. The van der Waals surface area contributed by atoms with Crippen LogP contribution in [0.5, 0.6) is 0 Å². The Kier molecular flexibility index (Phi) is 10.6. The number of hydrogen-bond acceptors (Lipinski definition) is 9. The average molecular weight is 737 g/mol. The molecule has 53 heavy (non-hydrogen) atoms. The van der Waals surface area contributed by atoms with Gasteiger partial charge in [-0.15, -0.1) is 0 Å². The van der Waals surface area contributed by atoms with Crippen LogP contribution in [0.3, 0.4) is 0 Å². The lowest BCUT2D eigenvalue weighted by Crippen LogP contribution is -2.50. The standard InChI is InChI=1S/C40H45ClN8O4/c1-27-23-40(26-49(27)33-10-7-29(24-42)34(41)22-33)13-15-47(16-14-40)32-8-5-28(6-9-32)39(53)48-19-17-46(18-20-48)25-37(51)44-31-4-2-3-30(21-31)43-35-11-12-36(50)45-38(35)52/h2-10,21-22,27,35,43H,11-20,23,25-26H2,1H3,(H,44,51)(H,45,50,52)/t27-,35?/m0/s1. The zero-order chi connectivity index (χ0) is 37.1. The van der Waals surface area contributed by atoms with Crippen LogP contribution in [-0.4, -0.2) is 97.9 Å². The normalized spacial score (nSPS) is 21.6. The summed E-state index contributed by atoms with van der Waals surface area (Å²) in [6.45, 7) is 7.65. The van der Waals surface area contributed by atoms with Crippen molar-refractivity contribution in [1.82, 2.24) is 15.1 Å². The lowest BCUT2D eigenvalue weighted by Gasteiger charge is -2.40. The molecule has 4 amide bonds. The first-order valence-electron chi connectivity index (χ1n) is 18.4. The van der Waals surface area contributed by atoms with Gasteiger partial charge in [0.15, 0.2) is 0 Å². The van der Waals surface area contributed by atoms with Crippen molar-refractivity contribution in [1.29, 1.82) is 5.26 Å². The van der Waals surface area contributed by atoms with Gasteiger partial charge in [-0.3, -0.25) is 29.4 Å². The van der Waals surface area contributed by atoms with E-state index in [-0.39, 0.29) is 42.0 Å². The maximum Gasteiger partial charge on any atom is 0.253 e. The Balaban J connectivity index is 0.852. The molecule has 3 aromatic carbocycles. The Labute approximate surface area is 315 Å². The Morgan fingerprint density at radius 2 is 1.66 bits per heavy atom. The predicted octanol–water partition coefficient (Wildman–Crippen LogP) is 4.71. The van der Waals surface area contributed by atoms with E-state index in [0.717, 1.165) is 50.3 Å². The summed E-state index contributed by atoms with van der Waals surface area (Å²) in [5.41, 5.74) is 4.92. The van der Waals surface area contributed by atoms with E-state index in [1.54, 1.807) is 18.2 Å². The monoisotopic (exact) mass is 736 g/mol. The molecule has 12 nitrogen and oxygen atoms in total. The first kappa shape index (κ1) is 36.2. The number of imide groups is 1. The van der Waals surface area contributed by atoms with Crippen LogP contribution < -0.4 is 25.8 Å². The highest BCUT2D eigenvalue weighted by atomic mass is 35.5. The lowest BCUT2D eigenvalue weighted by atomic mass is 9.76. The van der Waals surface area contributed by atoms with Gasteiger partial charge in [-0.2, -0.15) is 5.26 Å². The largest absolute Gasteiger partial charge is 0.374 e. The Morgan fingerprint density at radius 3 is 2.36 bits per heavy atom. The Bertz CT molecular complexity index is 1910. The highest BCUT2D eigenvalue weighted by Crippen LogP contribution is 2.46. The van der Waals surface area contributed by atoms with E-state index in [9.17, 15) is 24.4 Å². The van der Waals surface area contributed by atoms with Crippen molar-refractivity contribution in [2.24, 2.45) is 5.41 Å². The molecule has 0 aromatic heterocycles. The minimum absolute atomic E-state index is 0.00141. The molecule has 0 radical (unpaired) electrons. The molecule has 1 unspecified atom stereocenters. The van der Waals surface area contributed by atoms with Gasteiger partial charge >= 0.3 is 0 Å². The summed E-state index contributed by atoms with van der Waals surface area (Å²) < 4.78 is 0. The molecule has 3 aromatic rings. The maximum absolute atomic E-state index is 13.4. The van der Waals surface area contributed by atoms with Crippen LogP contribution in [0.4, 0.5) is 22.7 Å². The molecule has 276 valence electrons. The van der Waals surface area contributed by atoms with E-state index < -0.39 is 6.04 Å². The summed E-state index contributed by atoms with van der Waals surface area (Å²) in [5.74, 6) is -0.770. The minimum Gasteiger partial charge on any atom is -0.374 e. The third-order valence-electron chi connectivity index (χ3n) is 11.2. The fourth-order valence-corrected chi connectivity index (χ4v) is 8.49. The first-order valence-corrected chi connectivity index (χ1v) is 18.8. The molecule has 4 aliphatic heterocycles. The molecule has 4 fully saturated rings. The molecular weight excluding hydrogens is 692 g/mol. The molecule has 0 aliphatic carbocycles. The van der Waals surface area contributed by atoms with Crippen molar-refractivity contribution in [3.05, 3.63) is 82.9 Å². The van der Waals surface area contributed by atoms with Crippen molar-refractivity contribution >= 4 is 58.0 Å².